The van der Waals surface area contributed by atoms with Crippen LogP contribution in [0.1, 0.15) is 24.8 Å². The SMILES string of the molecule is CCC1([C]=O)C=CC(c2ccccc2)C=C1. The molecule has 1 heteroatoms. The Morgan fingerprint density at radius 2 is 1.81 bits per heavy atom. The van der Waals surface area contributed by atoms with Gasteiger partial charge in [-0.05, 0) is 12.0 Å². The van der Waals surface area contributed by atoms with Gasteiger partial charge in [0.05, 0.1) is 5.41 Å². The molecule has 0 fully saturated rings. The van der Waals surface area contributed by atoms with Crippen LogP contribution < -0.4 is 0 Å². The quantitative estimate of drug-likeness (QED) is 0.700. The van der Waals surface area contributed by atoms with E-state index in [9.17, 15) is 4.79 Å². The second-order valence-corrected chi connectivity index (χ2v) is 4.15. The smallest absolute Gasteiger partial charge is 0.213 e. The van der Waals surface area contributed by atoms with Crippen LogP contribution in [0.3, 0.4) is 0 Å². The molecule has 2 rings (SSSR count). The summed E-state index contributed by atoms with van der Waals surface area (Å²) in [6.45, 7) is 2.00. The molecule has 1 aromatic carbocycles. The summed E-state index contributed by atoms with van der Waals surface area (Å²) < 4.78 is 0. The van der Waals surface area contributed by atoms with Gasteiger partial charge >= 0.3 is 0 Å². The van der Waals surface area contributed by atoms with E-state index in [0.717, 1.165) is 6.42 Å². The average molecular weight is 211 g/mol. The van der Waals surface area contributed by atoms with Gasteiger partial charge < -0.3 is 0 Å². The summed E-state index contributed by atoms with van der Waals surface area (Å²) in [6, 6.07) is 10.3. The molecule has 81 valence electrons. The zero-order valence-electron chi connectivity index (χ0n) is 9.39. The highest BCUT2D eigenvalue weighted by atomic mass is 16.1. The summed E-state index contributed by atoms with van der Waals surface area (Å²) in [5.74, 6) is 0.286. The monoisotopic (exact) mass is 211 g/mol. The standard InChI is InChI=1S/C15H15O/c1-2-15(12-16)10-8-14(9-11-15)13-6-4-3-5-7-13/h3-11,14H,2H2,1H3. The van der Waals surface area contributed by atoms with Gasteiger partial charge in [0.25, 0.3) is 0 Å². The normalized spacial score (nSPS) is 27.9. The van der Waals surface area contributed by atoms with Crippen LogP contribution in [0.4, 0.5) is 0 Å². The molecular formula is C15H15O. The number of hydrogen-bond acceptors (Lipinski definition) is 1. The molecule has 0 unspecified atom stereocenters. The fourth-order valence-corrected chi connectivity index (χ4v) is 1.94. The lowest BCUT2D eigenvalue weighted by Crippen LogP contribution is -2.18. The summed E-state index contributed by atoms with van der Waals surface area (Å²) >= 11 is 0. The van der Waals surface area contributed by atoms with Crippen LogP contribution >= 0.6 is 0 Å². The van der Waals surface area contributed by atoms with Gasteiger partial charge in [0.2, 0.25) is 6.29 Å². The van der Waals surface area contributed by atoms with Crippen molar-refractivity contribution in [2.24, 2.45) is 5.41 Å². The lowest BCUT2D eigenvalue weighted by Gasteiger charge is -2.23. The minimum Gasteiger partial charge on any atom is -0.289 e. The highest BCUT2D eigenvalue weighted by molar-refractivity contribution is 5.68. The third kappa shape index (κ3) is 1.99. The molecule has 0 aliphatic heterocycles. The number of allylic oxidation sites excluding steroid dienone is 4. The van der Waals surface area contributed by atoms with Gasteiger partial charge in [-0.1, -0.05) is 61.6 Å². The van der Waals surface area contributed by atoms with Crippen molar-refractivity contribution in [2.45, 2.75) is 19.3 Å². The Bertz CT molecular complexity index is 400. The molecule has 0 bridgehead atoms. The van der Waals surface area contributed by atoms with Crippen LogP contribution in [-0.4, -0.2) is 6.29 Å². The molecular weight excluding hydrogens is 196 g/mol. The first-order chi connectivity index (χ1) is 7.79. The Labute approximate surface area is 96.5 Å². The molecule has 1 aromatic rings. The maximum atomic E-state index is 10.9. The van der Waals surface area contributed by atoms with Crippen LogP contribution in [0.5, 0.6) is 0 Å². The zero-order chi connectivity index (χ0) is 11.4. The van der Waals surface area contributed by atoms with Crippen molar-refractivity contribution >= 4 is 6.29 Å². The maximum absolute atomic E-state index is 10.9. The van der Waals surface area contributed by atoms with Crippen molar-refractivity contribution in [3.8, 4) is 0 Å². The number of rotatable bonds is 3. The second-order valence-electron chi connectivity index (χ2n) is 4.15. The minimum absolute atomic E-state index is 0.286. The van der Waals surface area contributed by atoms with E-state index in [0.29, 0.717) is 0 Å². The highest BCUT2D eigenvalue weighted by Gasteiger charge is 2.25. The second kappa shape index (κ2) is 4.48. The van der Waals surface area contributed by atoms with Crippen LogP contribution in [0.25, 0.3) is 0 Å². The topological polar surface area (TPSA) is 17.1 Å². The maximum Gasteiger partial charge on any atom is 0.213 e. The fourth-order valence-electron chi connectivity index (χ4n) is 1.94. The number of carbonyl (C=O) groups excluding carboxylic acids is 1. The molecule has 0 saturated heterocycles. The lowest BCUT2D eigenvalue weighted by molar-refractivity contribution is 0.499. The lowest BCUT2D eigenvalue weighted by atomic mass is 9.79. The number of benzene rings is 1. The third-order valence-corrected chi connectivity index (χ3v) is 3.16. The Morgan fingerprint density at radius 3 is 2.31 bits per heavy atom. The molecule has 1 aliphatic carbocycles. The van der Waals surface area contributed by atoms with Crippen molar-refractivity contribution in [3.63, 3.8) is 0 Å². The van der Waals surface area contributed by atoms with Crippen LogP contribution in [0.15, 0.2) is 54.6 Å². The van der Waals surface area contributed by atoms with Crippen LogP contribution in [0, 0.1) is 5.41 Å². The molecule has 0 heterocycles. The van der Waals surface area contributed by atoms with Gasteiger partial charge in [0.1, 0.15) is 0 Å². The third-order valence-electron chi connectivity index (χ3n) is 3.16. The van der Waals surface area contributed by atoms with Gasteiger partial charge in [0.15, 0.2) is 0 Å². The molecule has 0 atom stereocenters. The van der Waals surface area contributed by atoms with Gasteiger partial charge in [-0.25, -0.2) is 0 Å². The van der Waals surface area contributed by atoms with E-state index in [-0.39, 0.29) is 5.92 Å². The Balaban J connectivity index is 2.21. The molecule has 0 spiro atoms. The summed E-state index contributed by atoms with van der Waals surface area (Å²) in [5, 5.41) is 0. The van der Waals surface area contributed by atoms with Crippen molar-refractivity contribution in [3.05, 3.63) is 60.2 Å². The summed E-state index contributed by atoms with van der Waals surface area (Å²) in [5.41, 5.74) is 0.760. The summed E-state index contributed by atoms with van der Waals surface area (Å²) in [7, 11) is 0. The predicted molar refractivity (Wildman–Crippen MR) is 65.9 cm³/mol. The van der Waals surface area contributed by atoms with E-state index in [1.165, 1.54) is 5.56 Å². The van der Waals surface area contributed by atoms with Gasteiger partial charge in [0, 0.05) is 5.92 Å². The molecule has 1 radical (unpaired) electrons. The van der Waals surface area contributed by atoms with E-state index in [1.807, 2.05) is 37.3 Å². The molecule has 1 aliphatic rings. The largest absolute Gasteiger partial charge is 0.289 e. The van der Waals surface area contributed by atoms with Crippen molar-refractivity contribution < 1.29 is 4.79 Å². The molecule has 0 amide bonds. The first-order valence-corrected chi connectivity index (χ1v) is 5.62. The molecule has 16 heavy (non-hydrogen) atoms. The molecule has 0 aromatic heterocycles. The molecule has 0 saturated carbocycles. The number of hydrogen-bond donors (Lipinski definition) is 0. The highest BCUT2D eigenvalue weighted by Crippen LogP contribution is 2.32. The van der Waals surface area contributed by atoms with Crippen molar-refractivity contribution in [1.29, 1.82) is 0 Å². The Kier molecular flexibility index (Phi) is 3.04. The van der Waals surface area contributed by atoms with Crippen molar-refractivity contribution in [2.75, 3.05) is 0 Å². The summed E-state index contributed by atoms with van der Waals surface area (Å²) in [4.78, 5) is 10.9. The minimum atomic E-state index is -0.495. The van der Waals surface area contributed by atoms with Gasteiger partial charge in [-0.3, -0.25) is 4.79 Å². The van der Waals surface area contributed by atoms with E-state index in [2.05, 4.69) is 30.6 Å². The Morgan fingerprint density at radius 1 is 1.19 bits per heavy atom. The zero-order valence-corrected chi connectivity index (χ0v) is 9.39. The first-order valence-electron chi connectivity index (χ1n) is 5.62. The molecule has 1 nitrogen and oxygen atoms in total. The first kappa shape index (κ1) is 10.9. The average Bonchev–Trinajstić information content (AvgIpc) is 2.40. The van der Waals surface area contributed by atoms with Crippen LogP contribution in [-0.2, 0) is 4.79 Å². The fraction of sp³-hybridized carbons (Fsp3) is 0.267. The van der Waals surface area contributed by atoms with E-state index in [4.69, 9.17) is 0 Å². The van der Waals surface area contributed by atoms with E-state index in [1.54, 1.807) is 0 Å². The van der Waals surface area contributed by atoms with Crippen LogP contribution in [0.2, 0.25) is 0 Å². The van der Waals surface area contributed by atoms with Gasteiger partial charge in [-0.15, -0.1) is 0 Å². The van der Waals surface area contributed by atoms with E-state index < -0.39 is 5.41 Å². The van der Waals surface area contributed by atoms with Crippen molar-refractivity contribution in [1.82, 2.24) is 0 Å². The van der Waals surface area contributed by atoms with Gasteiger partial charge in [-0.2, -0.15) is 0 Å². The Hall–Kier alpha value is -1.63. The van der Waals surface area contributed by atoms with E-state index >= 15 is 0 Å². The summed E-state index contributed by atoms with van der Waals surface area (Å²) in [6.07, 6.45) is 11.0. The predicted octanol–water partition coefficient (Wildman–Crippen LogP) is 3.40. The molecule has 0 N–H and O–H groups in total.